The summed E-state index contributed by atoms with van der Waals surface area (Å²) >= 11 is 0. The van der Waals surface area contributed by atoms with Crippen molar-refractivity contribution in [1.29, 1.82) is 0 Å². The van der Waals surface area contributed by atoms with E-state index in [1.165, 1.54) is 0 Å². The highest BCUT2D eigenvalue weighted by molar-refractivity contribution is 5.97. The molecular weight excluding hydrogens is 210 g/mol. The van der Waals surface area contributed by atoms with Crippen LogP contribution < -0.4 is 5.32 Å². The summed E-state index contributed by atoms with van der Waals surface area (Å²) in [5.41, 5.74) is 1.81. The SMILES string of the molecule is CCCC(C)NC(=O)C(C)=Cc1ccccc1. The average Bonchev–Trinajstić information content (AvgIpc) is 2.30. The Bertz CT molecular complexity index is 381. The maximum atomic E-state index is 11.9. The zero-order valence-corrected chi connectivity index (χ0v) is 10.9. The van der Waals surface area contributed by atoms with Crippen molar-refractivity contribution < 1.29 is 4.79 Å². The van der Waals surface area contributed by atoms with Gasteiger partial charge in [0.05, 0.1) is 0 Å². The fraction of sp³-hybridized carbons (Fsp3) is 0.400. The lowest BCUT2D eigenvalue weighted by atomic mass is 10.1. The summed E-state index contributed by atoms with van der Waals surface area (Å²) in [7, 11) is 0. The highest BCUT2D eigenvalue weighted by Crippen LogP contribution is 2.06. The van der Waals surface area contributed by atoms with E-state index in [4.69, 9.17) is 0 Å². The zero-order valence-electron chi connectivity index (χ0n) is 10.9. The van der Waals surface area contributed by atoms with Gasteiger partial charge in [0.1, 0.15) is 0 Å². The van der Waals surface area contributed by atoms with Gasteiger partial charge >= 0.3 is 0 Å². The highest BCUT2D eigenvalue weighted by atomic mass is 16.1. The molecule has 0 radical (unpaired) electrons. The van der Waals surface area contributed by atoms with Crippen LogP contribution in [0.2, 0.25) is 0 Å². The predicted molar refractivity (Wildman–Crippen MR) is 72.6 cm³/mol. The first-order valence-electron chi connectivity index (χ1n) is 6.17. The second-order valence-electron chi connectivity index (χ2n) is 4.40. The van der Waals surface area contributed by atoms with E-state index in [1.54, 1.807) is 0 Å². The molecule has 2 heteroatoms. The molecule has 0 saturated heterocycles. The van der Waals surface area contributed by atoms with Crippen LogP contribution in [0.5, 0.6) is 0 Å². The quantitative estimate of drug-likeness (QED) is 0.773. The van der Waals surface area contributed by atoms with Gasteiger partial charge < -0.3 is 5.32 Å². The van der Waals surface area contributed by atoms with Gasteiger partial charge in [0.15, 0.2) is 0 Å². The maximum Gasteiger partial charge on any atom is 0.247 e. The van der Waals surface area contributed by atoms with Gasteiger partial charge in [0, 0.05) is 11.6 Å². The number of benzene rings is 1. The van der Waals surface area contributed by atoms with Crippen LogP contribution in [0.4, 0.5) is 0 Å². The molecule has 1 aromatic rings. The van der Waals surface area contributed by atoms with E-state index < -0.39 is 0 Å². The molecule has 0 fully saturated rings. The zero-order chi connectivity index (χ0) is 12.7. The van der Waals surface area contributed by atoms with Gasteiger partial charge in [-0.15, -0.1) is 0 Å². The summed E-state index contributed by atoms with van der Waals surface area (Å²) in [4.78, 5) is 11.9. The first-order chi connectivity index (χ1) is 8.13. The molecule has 92 valence electrons. The standard InChI is InChI=1S/C15H21NO/c1-4-8-13(3)16-15(17)12(2)11-14-9-6-5-7-10-14/h5-7,9-11,13H,4,8H2,1-3H3,(H,16,17). The Morgan fingerprint density at radius 2 is 2.00 bits per heavy atom. The summed E-state index contributed by atoms with van der Waals surface area (Å²) in [5.74, 6) is 0.0230. The summed E-state index contributed by atoms with van der Waals surface area (Å²) in [5, 5.41) is 2.99. The fourth-order valence-corrected chi connectivity index (χ4v) is 1.71. The Balaban J connectivity index is 2.61. The molecule has 1 amide bonds. The number of rotatable bonds is 5. The molecule has 0 aliphatic carbocycles. The second-order valence-corrected chi connectivity index (χ2v) is 4.40. The van der Waals surface area contributed by atoms with Gasteiger partial charge in [-0.05, 0) is 31.9 Å². The molecule has 0 aliphatic heterocycles. The average molecular weight is 231 g/mol. The molecule has 1 aromatic carbocycles. The van der Waals surface area contributed by atoms with Crippen LogP contribution in [-0.2, 0) is 4.79 Å². The van der Waals surface area contributed by atoms with Crippen molar-refractivity contribution >= 4 is 12.0 Å². The smallest absolute Gasteiger partial charge is 0.247 e. The van der Waals surface area contributed by atoms with E-state index in [0.29, 0.717) is 0 Å². The van der Waals surface area contributed by atoms with Crippen LogP contribution in [0.3, 0.4) is 0 Å². The van der Waals surface area contributed by atoms with Crippen LogP contribution in [-0.4, -0.2) is 11.9 Å². The Kier molecular flexibility index (Phi) is 5.47. The lowest BCUT2D eigenvalue weighted by Crippen LogP contribution is -2.32. The molecule has 17 heavy (non-hydrogen) atoms. The topological polar surface area (TPSA) is 29.1 Å². The number of amides is 1. The first-order valence-corrected chi connectivity index (χ1v) is 6.17. The van der Waals surface area contributed by atoms with Crippen molar-refractivity contribution in [1.82, 2.24) is 5.32 Å². The molecule has 0 aromatic heterocycles. The van der Waals surface area contributed by atoms with Crippen LogP contribution >= 0.6 is 0 Å². The van der Waals surface area contributed by atoms with Crippen molar-refractivity contribution in [3.63, 3.8) is 0 Å². The Hall–Kier alpha value is -1.57. The third-order valence-electron chi connectivity index (χ3n) is 2.64. The number of hydrogen-bond acceptors (Lipinski definition) is 1. The normalized spacial score (nSPS) is 13.2. The third-order valence-corrected chi connectivity index (χ3v) is 2.64. The Morgan fingerprint density at radius 3 is 2.59 bits per heavy atom. The number of carbonyl (C=O) groups is 1. The first kappa shape index (κ1) is 13.5. The Labute approximate surface area is 104 Å². The molecule has 1 rings (SSSR count). The molecule has 0 saturated carbocycles. The summed E-state index contributed by atoms with van der Waals surface area (Å²) in [6, 6.07) is 10.1. The van der Waals surface area contributed by atoms with Crippen molar-refractivity contribution in [2.24, 2.45) is 0 Å². The van der Waals surface area contributed by atoms with Gasteiger partial charge in [0.25, 0.3) is 0 Å². The van der Waals surface area contributed by atoms with Crippen molar-refractivity contribution in [2.45, 2.75) is 39.7 Å². The molecule has 1 atom stereocenters. The number of nitrogens with one attached hydrogen (secondary N) is 1. The lowest BCUT2D eigenvalue weighted by molar-refractivity contribution is -0.118. The molecular formula is C15H21NO. The molecule has 0 bridgehead atoms. The van der Waals surface area contributed by atoms with Crippen LogP contribution in [0.25, 0.3) is 6.08 Å². The number of hydrogen-bond donors (Lipinski definition) is 1. The predicted octanol–water partition coefficient (Wildman–Crippen LogP) is 3.39. The second kappa shape index (κ2) is 6.89. The monoisotopic (exact) mass is 231 g/mol. The fourth-order valence-electron chi connectivity index (χ4n) is 1.71. The molecule has 0 spiro atoms. The molecule has 0 heterocycles. The molecule has 1 N–H and O–H groups in total. The molecule has 2 nitrogen and oxygen atoms in total. The minimum atomic E-state index is 0.0230. The largest absolute Gasteiger partial charge is 0.350 e. The van der Waals surface area contributed by atoms with Crippen LogP contribution in [0, 0.1) is 0 Å². The molecule has 0 aliphatic rings. The van der Waals surface area contributed by atoms with Crippen molar-refractivity contribution in [2.75, 3.05) is 0 Å². The van der Waals surface area contributed by atoms with Gasteiger partial charge in [0.2, 0.25) is 5.91 Å². The van der Waals surface area contributed by atoms with Crippen molar-refractivity contribution in [3.05, 3.63) is 41.5 Å². The van der Waals surface area contributed by atoms with E-state index in [1.807, 2.05) is 50.3 Å². The van der Waals surface area contributed by atoms with E-state index in [2.05, 4.69) is 12.2 Å². The summed E-state index contributed by atoms with van der Waals surface area (Å²) in [6.45, 7) is 6.01. The summed E-state index contributed by atoms with van der Waals surface area (Å²) < 4.78 is 0. The maximum absolute atomic E-state index is 11.9. The van der Waals surface area contributed by atoms with E-state index in [-0.39, 0.29) is 11.9 Å². The third kappa shape index (κ3) is 4.85. The molecule has 1 unspecified atom stereocenters. The van der Waals surface area contributed by atoms with Gasteiger partial charge in [-0.2, -0.15) is 0 Å². The van der Waals surface area contributed by atoms with Crippen LogP contribution in [0.1, 0.15) is 39.2 Å². The van der Waals surface area contributed by atoms with Crippen molar-refractivity contribution in [3.8, 4) is 0 Å². The van der Waals surface area contributed by atoms with Gasteiger partial charge in [-0.3, -0.25) is 4.79 Å². The van der Waals surface area contributed by atoms with E-state index in [0.717, 1.165) is 24.0 Å². The van der Waals surface area contributed by atoms with Gasteiger partial charge in [-0.1, -0.05) is 43.7 Å². The minimum Gasteiger partial charge on any atom is -0.350 e. The lowest BCUT2D eigenvalue weighted by Gasteiger charge is -2.12. The Morgan fingerprint density at radius 1 is 1.35 bits per heavy atom. The van der Waals surface area contributed by atoms with E-state index >= 15 is 0 Å². The van der Waals surface area contributed by atoms with E-state index in [9.17, 15) is 4.79 Å². The van der Waals surface area contributed by atoms with Gasteiger partial charge in [-0.25, -0.2) is 0 Å². The highest BCUT2D eigenvalue weighted by Gasteiger charge is 2.07. The minimum absolute atomic E-state index is 0.0230. The van der Waals surface area contributed by atoms with Crippen LogP contribution in [0.15, 0.2) is 35.9 Å². The summed E-state index contributed by atoms with van der Waals surface area (Å²) in [6.07, 6.45) is 4.02. The number of carbonyl (C=O) groups excluding carboxylic acids is 1.